The summed E-state index contributed by atoms with van der Waals surface area (Å²) in [7, 11) is -1.12. The molecule has 0 atom stereocenters. The minimum Gasteiger partial charge on any atom is -0.395 e. The quantitative estimate of drug-likeness (QED) is 0.621. The second kappa shape index (κ2) is 6.55. The molecule has 0 aromatic carbocycles. The first-order valence-electron chi connectivity index (χ1n) is 7.16. The summed E-state index contributed by atoms with van der Waals surface area (Å²) in [5.41, 5.74) is 0.588. The number of nitrogens with zero attached hydrogens (tertiary/aromatic N) is 3. The molecule has 2 aromatic rings. The average Bonchev–Trinajstić information content (AvgIpc) is 2.80. The summed E-state index contributed by atoms with van der Waals surface area (Å²) in [6, 6.07) is 2.82. The highest BCUT2D eigenvalue weighted by molar-refractivity contribution is 6.76. The van der Waals surface area contributed by atoms with Crippen molar-refractivity contribution >= 4 is 19.0 Å². The molecule has 0 amide bonds. The van der Waals surface area contributed by atoms with Gasteiger partial charge < -0.3 is 14.4 Å². The second-order valence-electron chi connectivity index (χ2n) is 6.33. The number of hydrogen-bond donors (Lipinski definition) is 1. The van der Waals surface area contributed by atoms with E-state index < -0.39 is 8.07 Å². The van der Waals surface area contributed by atoms with Crippen molar-refractivity contribution in [3.63, 3.8) is 0 Å². The molecular weight excluding hydrogens is 286 g/mol. The van der Waals surface area contributed by atoms with Crippen LogP contribution in [0, 0.1) is 0 Å². The van der Waals surface area contributed by atoms with Gasteiger partial charge >= 0.3 is 0 Å². The lowest BCUT2D eigenvalue weighted by molar-refractivity contribution is 0.0754. The van der Waals surface area contributed by atoms with Crippen LogP contribution in [-0.2, 0) is 18.0 Å². The zero-order valence-electron chi connectivity index (χ0n) is 12.9. The summed E-state index contributed by atoms with van der Waals surface area (Å²) in [6.45, 7) is 8.20. The van der Waals surface area contributed by atoms with Gasteiger partial charge in [-0.15, -0.1) is 0 Å². The third-order valence-corrected chi connectivity index (χ3v) is 5.05. The van der Waals surface area contributed by atoms with Gasteiger partial charge in [-0.2, -0.15) is 5.10 Å². The molecule has 0 aliphatic carbocycles. The molecule has 2 aromatic heterocycles. The van der Waals surface area contributed by atoms with E-state index >= 15 is 0 Å². The maximum Gasteiger partial charge on any atom is 0.278 e. The summed E-state index contributed by atoms with van der Waals surface area (Å²) in [6.07, 6.45) is 3.44. The van der Waals surface area contributed by atoms with E-state index in [9.17, 15) is 4.79 Å². The average molecular weight is 309 g/mol. The molecule has 0 aliphatic rings. The predicted octanol–water partition coefficient (Wildman–Crippen LogP) is 1.50. The van der Waals surface area contributed by atoms with E-state index in [1.807, 2.05) is 4.57 Å². The zero-order valence-corrected chi connectivity index (χ0v) is 13.9. The highest BCUT2D eigenvalue weighted by atomic mass is 28.3. The molecule has 0 saturated heterocycles. The first kappa shape index (κ1) is 15.9. The molecule has 0 unspecified atom stereocenters. The van der Waals surface area contributed by atoms with E-state index in [0.29, 0.717) is 18.5 Å². The van der Waals surface area contributed by atoms with Crippen molar-refractivity contribution in [1.29, 1.82) is 0 Å². The van der Waals surface area contributed by atoms with Crippen LogP contribution in [0.3, 0.4) is 0 Å². The maximum atomic E-state index is 12.3. The predicted molar refractivity (Wildman–Crippen MR) is 85.2 cm³/mol. The van der Waals surface area contributed by atoms with Crippen LogP contribution in [0.25, 0.3) is 10.9 Å². The van der Waals surface area contributed by atoms with Gasteiger partial charge in [-0.3, -0.25) is 4.79 Å². The summed E-state index contributed by atoms with van der Waals surface area (Å²) >= 11 is 0. The van der Waals surface area contributed by atoms with Crippen molar-refractivity contribution < 1.29 is 9.84 Å². The number of aliphatic hydroxyl groups is 1. The Labute approximate surface area is 125 Å². The van der Waals surface area contributed by atoms with Gasteiger partial charge in [-0.1, -0.05) is 19.6 Å². The van der Waals surface area contributed by atoms with Gasteiger partial charge in [0, 0.05) is 27.4 Å². The number of rotatable bonds is 7. The molecule has 6 nitrogen and oxygen atoms in total. The molecule has 21 heavy (non-hydrogen) atoms. The Hall–Kier alpha value is -1.44. The molecule has 0 saturated carbocycles. The number of hydrogen-bond acceptors (Lipinski definition) is 4. The number of ether oxygens (including phenoxy) is 1. The fourth-order valence-corrected chi connectivity index (χ4v) is 2.81. The monoisotopic (exact) mass is 309 g/mol. The largest absolute Gasteiger partial charge is 0.395 e. The summed E-state index contributed by atoms with van der Waals surface area (Å²) in [5, 5.41) is 13.7. The van der Waals surface area contributed by atoms with Gasteiger partial charge in [0.15, 0.2) is 0 Å². The molecule has 2 rings (SSSR count). The Morgan fingerprint density at radius 1 is 1.38 bits per heavy atom. The lowest BCUT2D eigenvalue weighted by atomic mass is 10.3. The second-order valence-corrected chi connectivity index (χ2v) is 12.0. The van der Waals surface area contributed by atoms with Crippen LogP contribution in [0.15, 0.2) is 23.3 Å². The third-order valence-electron chi connectivity index (χ3n) is 3.34. The van der Waals surface area contributed by atoms with E-state index in [0.717, 1.165) is 11.6 Å². The summed E-state index contributed by atoms with van der Waals surface area (Å²) < 4.78 is 8.73. The highest BCUT2D eigenvalue weighted by Gasteiger charge is 2.13. The van der Waals surface area contributed by atoms with Crippen LogP contribution in [0.4, 0.5) is 0 Å². The Bertz CT molecular complexity index is 658. The van der Waals surface area contributed by atoms with Crippen LogP contribution in [0.1, 0.15) is 0 Å². The topological polar surface area (TPSA) is 69.3 Å². The van der Waals surface area contributed by atoms with Crippen LogP contribution in [0.5, 0.6) is 0 Å². The minimum absolute atomic E-state index is 0.0344. The van der Waals surface area contributed by atoms with Crippen LogP contribution < -0.4 is 5.56 Å². The molecule has 1 N–H and O–H groups in total. The molecule has 0 aliphatic heterocycles. The van der Waals surface area contributed by atoms with Gasteiger partial charge in [0.25, 0.3) is 5.56 Å². The van der Waals surface area contributed by atoms with Gasteiger partial charge in [-0.25, -0.2) is 4.68 Å². The number of aliphatic hydroxyl groups excluding tert-OH is 1. The molecule has 116 valence electrons. The van der Waals surface area contributed by atoms with E-state index in [4.69, 9.17) is 9.84 Å². The van der Waals surface area contributed by atoms with E-state index in [2.05, 4.69) is 24.7 Å². The van der Waals surface area contributed by atoms with Gasteiger partial charge in [0.05, 0.1) is 23.7 Å². The Kier molecular flexibility index (Phi) is 4.97. The van der Waals surface area contributed by atoms with Crippen LogP contribution in [-0.4, -0.2) is 40.7 Å². The van der Waals surface area contributed by atoms with Crippen molar-refractivity contribution in [3.8, 4) is 0 Å². The molecule has 0 radical (unpaired) electrons. The van der Waals surface area contributed by atoms with Gasteiger partial charge in [0.2, 0.25) is 0 Å². The lowest BCUT2D eigenvalue weighted by Gasteiger charge is -2.15. The van der Waals surface area contributed by atoms with E-state index in [-0.39, 0.29) is 18.9 Å². The third kappa shape index (κ3) is 4.02. The number of aromatic nitrogens is 3. The zero-order chi connectivity index (χ0) is 15.5. The first-order chi connectivity index (χ1) is 9.92. The Morgan fingerprint density at radius 2 is 2.14 bits per heavy atom. The van der Waals surface area contributed by atoms with Gasteiger partial charge in [0.1, 0.15) is 6.73 Å². The van der Waals surface area contributed by atoms with Crippen LogP contribution >= 0.6 is 0 Å². The van der Waals surface area contributed by atoms with Crippen molar-refractivity contribution in [3.05, 3.63) is 28.8 Å². The number of fused-ring (bicyclic) bond motifs is 1. The summed E-state index contributed by atoms with van der Waals surface area (Å²) in [5.74, 6) is 0. The summed E-state index contributed by atoms with van der Waals surface area (Å²) in [4.78, 5) is 12.3. The van der Waals surface area contributed by atoms with Crippen molar-refractivity contribution in [1.82, 2.24) is 14.3 Å². The standard InChI is InChI=1S/C14H23N3O3Si/c1-21(2,3)9-8-20-11-17-14(19)12-4-5-16(6-7-18)13(12)10-15-17/h4-5,10,18H,6-9,11H2,1-3H3. The molecule has 2 heterocycles. The molecular formula is C14H23N3O3Si. The fourth-order valence-electron chi connectivity index (χ4n) is 2.05. The highest BCUT2D eigenvalue weighted by Crippen LogP contribution is 2.10. The van der Waals surface area contributed by atoms with E-state index in [1.54, 1.807) is 18.5 Å². The van der Waals surface area contributed by atoms with Crippen LogP contribution in [0.2, 0.25) is 25.7 Å². The minimum atomic E-state index is -1.12. The first-order valence-corrected chi connectivity index (χ1v) is 10.9. The Balaban J connectivity index is 2.08. The molecule has 0 spiro atoms. The fraction of sp³-hybridized carbons (Fsp3) is 0.571. The Morgan fingerprint density at radius 3 is 2.81 bits per heavy atom. The van der Waals surface area contributed by atoms with Crippen molar-refractivity contribution in [2.75, 3.05) is 13.2 Å². The lowest BCUT2D eigenvalue weighted by Crippen LogP contribution is -2.26. The van der Waals surface area contributed by atoms with Gasteiger partial charge in [-0.05, 0) is 12.1 Å². The van der Waals surface area contributed by atoms with Crippen molar-refractivity contribution in [2.45, 2.75) is 39.0 Å². The smallest absolute Gasteiger partial charge is 0.278 e. The van der Waals surface area contributed by atoms with Crippen molar-refractivity contribution in [2.24, 2.45) is 0 Å². The molecule has 7 heteroatoms. The molecule has 0 bridgehead atoms. The maximum absolute atomic E-state index is 12.3. The van der Waals surface area contributed by atoms with E-state index in [1.165, 1.54) is 4.68 Å². The SMILES string of the molecule is C[Si](C)(C)CCOCn1ncc2c(ccn2CCO)c1=O. The molecule has 0 fully saturated rings. The normalized spacial score (nSPS) is 12.2.